The predicted molar refractivity (Wildman–Crippen MR) is 64.3 cm³/mol. The number of benzene rings is 1. The number of rotatable bonds is 5. The van der Waals surface area contributed by atoms with Crippen LogP contribution >= 0.6 is 0 Å². The zero-order chi connectivity index (χ0) is 13.8. The van der Waals surface area contributed by atoms with Gasteiger partial charge in [0.05, 0.1) is 0 Å². The van der Waals surface area contributed by atoms with Crippen LogP contribution in [0.25, 0.3) is 0 Å². The summed E-state index contributed by atoms with van der Waals surface area (Å²) in [5.74, 6) is -1.27. The van der Waals surface area contributed by atoms with E-state index in [0.717, 1.165) is 5.56 Å². The van der Waals surface area contributed by atoms with Gasteiger partial charge in [0.25, 0.3) is 0 Å². The number of hydrogen-bond acceptors (Lipinski definition) is 4. The van der Waals surface area contributed by atoms with Crippen molar-refractivity contribution in [2.24, 2.45) is 0 Å². The van der Waals surface area contributed by atoms with Gasteiger partial charge in [-0.3, -0.25) is 4.79 Å². The summed E-state index contributed by atoms with van der Waals surface area (Å²) in [6, 6.07) is 6.52. The molecule has 0 atom stereocenters. The van der Waals surface area contributed by atoms with Gasteiger partial charge in [0.2, 0.25) is 0 Å². The van der Waals surface area contributed by atoms with E-state index in [-0.39, 0.29) is 6.42 Å². The Bertz CT molecular complexity index is 428. The van der Waals surface area contributed by atoms with Crippen molar-refractivity contribution in [2.75, 3.05) is 0 Å². The molecule has 0 aliphatic carbocycles. The van der Waals surface area contributed by atoms with E-state index in [1.54, 1.807) is 24.3 Å². The molecule has 18 heavy (non-hydrogen) atoms. The Balaban J connectivity index is 2.60. The number of carbonyl (C=O) groups is 2. The normalized spacial score (nSPS) is 11.1. The van der Waals surface area contributed by atoms with Gasteiger partial charge in [-0.25, -0.2) is 4.79 Å². The highest BCUT2D eigenvalue weighted by atomic mass is 16.6. The van der Waals surface area contributed by atoms with E-state index in [0.29, 0.717) is 12.2 Å². The lowest BCUT2D eigenvalue weighted by Gasteiger charge is -2.15. The minimum atomic E-state index is -1.54. The van der Waals surface area contributed by atoms with Crippen LogP contribution in [-0.4, -0.2) is 27.8 Å². The highest BCUT2D eigenvalue weighted by Gasteiger charge is 2.26. The van der Waals surface area contributed by atoms with Crippen LogP contribution in [0.2, 0.25) is 0 Å². The lowest BCUT2D eigenvalue weighted by Crippen LogP contribution is -2.35. The zero-order valence-electron chi connectivity index (χ0n) is 10.3. The van der Waals surface area contributed by atoms with Crippen LogP contribution in [0.1, 0.15) is 25.8 Å². The number of hydrogen-bond donors (Lipinski definition) is 2. The Morgan fingerprint density at radius 2 is 1.78 bits per heavy atom. The van der Waals surface area contributed by atoms with Crippen LogP contribution in [0.3, 0.4) is 0 Å². The number of aliphatic hydroxyl groups is 1. The van der Waals surface area contributed by atoms with Crippen molar-refractivity contribution in [3.63, 3.8) is 0 Å². The van der Waals surface area contributed by atoms with E-state index in [1.165, 1.54) is 13.8 Å². The summed E-state index contributed by atoms with van der Waals surface area (Å²) in [6.45, 7) is 2.69. The van der Waals surface area contributed by atoms with E-state index in [1.807, 2.05) is 0 Å². The minimum absolute atomic E-state index is 0.0583. The second-order valence-electron chi connectivity index (χ2n) is 4.49. The standard InChI is InChI=1S/C13H16O5/c1-13(2,17)12(16)18-10-6-3-9(4-7-10)5-8-11(14)15/h3-4,6-7,17H,5,8H2,1-2H3,(H,14,15). The van der Waals surface area contributed by atoms with Gasteiger partial charge in [0.15, 0.2) is 5.60 Å². The maximum Gasteiger partial charge on any atom is 0.342 e. The van der Waals surface area contributed by atoms with Crippen LogP contribution < -0.4 is 4.74 Å². The quantitative estimate of drug-likeness (QED) is 0.611. The Morgan fingerprint density at radius 3 is 2.22 bits per heavy atom. The second-order valence-corrected chi connectivity index (χ2v) is 4.49. The summed E-state index contributed by atoms with van der Waals surface area (Å²) < 4.78 is 4.95. The third-order valence-corrected chi connectivity index (χ3v) is 2.26. The van der Waals surface area contributed by atoms with E-state index >= 15 is 0 Å². The van der Waals surface area contributed by atoms with Crippen LogP contribution in [0.5, 0.6) is 5.75 Å². The maximum atomic E-state index is 11.4. The average Bonchev–Trinajstić information content (AvgIpc) is 2.26. The van der Waals surface area contributed by atoms with Crippen molar-refractivity contribution < 1.29 is 24.5 Å². The Hall–Kier alpha value is -1.88. The van der Waals surface area contributed by atoms with Gasteiger partial charge in [-0.05, 0) is 38.0 Å². The minimum Gasteiger partial charge on any atom is -0.481 e. The van der Waals surface area contributed by atoms with E-state index < -0.39 is 17.5 Å². The molecule has 5 nitrogen and oxygen atoms in total. The number of aliphatic carboxylic acids is 1. The van der Waals surface area contributed by atoms with Crippen LogP contribution in [0.4, 0.5) is 0 Å². The van der Waals surface area contributed by atoms with Crippen molar-refractivity contribution in [3.05, 3.63) is 29.8 Å². The van der Waals surface area contributed by atoms with Crippen LogP contribution in [0.15, 0.2) is 24.3 Å². The fourth-order valence-electron chi connectivity index (χ4n) is 1.21. The smallest absolute Gasteiger partial charge is 0.342 e. The molecule has 1 aromatic rings. The van der Waals surface area contributed by atoms with Gasteiger partial charge in [-0.15, -0.1) is 0 Å². The van der Waals surface area contributed by atoms with Crippen molar-refractivity contribution >= 4 is 11.9 Å². The van der Waals surface area contributed by atoms with Crippen molar-refractivity contribution in [3.8, 4) is 5.75 Å². The first kappa shape index (κ1) is 14.2. The largest absolute Gasteiger partial charge is 0.481 e. The summed E-state index contributed by atoms with van der Waals surface area (Å²) >= 11 is 0. The van der Waals surface area contributed by atoms with E-state index in [2.05, 4.69) is 0 Å². The Labute approximate surface area is 105 Å². The highest BCUT2D eigenvalue weighted by Crippen LogP contribution is 2.16. The SMILES string of the molecule is CC(C)(O)C(=O)Oc1ccc(CCC(=O)O)cc1. The first-order valence-electron chi connectivity index (χ1n) is 5.54. The third kappa shape index (κ3) is 4.55. The van der Waals surface area contributed by atoms with Gasteiger partial charge in [-0.2, -0.15) is 0 Å². The molecule has 98 valence electrons. The van der Waals surface area contributed by atoms with Gasteiger partial charge >= 0.3 is 11.9 Å². The van der Waals surface area contributed by atoms with Crippen LogP contribution in [-0.2, 0) is 16.0 Å². The van der Waals surface area contributed by atoms with E-state index in [4.69, 9.17) is 9.84 Å². The first-order chi connectivity index (χ1) is 8.29. The molecule has 0 saturated carbocycles. The second kappa shape index (κ2) is 5.64. The molecule has 0 radical (unpaired) electrons. The number of esters is 1. The summed E-state index contributed by atoms with van der Waals surface area (Å²) in [5.41, 5.74) is -0.692. The van der Waals surface area contributed by atoms with Crippen molar-refractivity contribution in [2.45, 2.75) is 32.3 Å². The molecule has 1 rings (SSSR count). The number of ether oxygens (including phenoxy) is 1. The molecule has 0 spiro atoms. The number of carbonyl (C=O) groups excluding carboxylic acids is 1. The molecule has 0 aromatic heterocycles. The Kier molecular flexibility index (Phi) is 4.44. The molecule has 0 unspecified atom stereocenters. The van der Waals surface area contributed by atoms with Gasteiger partial charge in [0.1, 0.15) is 5.75 Å². The predicted octanol–water partition coefficient (Wildman–Crippen LogP) is 1.38. The maximum absolute atomic E-state index is 11.4. The molecule has 2 N–H and O–H groups in total. The average molecular weight is 252 g/mol. The molecule has 0 amide bonds. The molecular formula is C13H16O5. The molecule has 0 bridgehead atoms. The monoisotopic (exact) mass is 252 g/mol. The molecule has 0 aliphatic rings. The fraction of sp³-hybridized carbons (Fsp3) is 0.385. The molecule has 1 aromatic carbocycles. The molecule has 0 saturated heterocycles. The topological polar surface area (TPSA) is 83.8 Å². The summed E-state index contributed by atoms with van der Waals surface area (Å²) in [7, 11) is 0. The number of carboxylic acids is 1. The van der Waals surface area contributed by atoms with Crippen molar-refractivity contribution in [1.29, 1.82) is 0 Å². The molecule has 5 heteroatoms. The summed E-state index contributed by atoms with van der Waals surface area (Å²) in [5, 5.41) is 17.9. The number of carboxylic acid groups (broad SMARTS) is 1. The first-order valence-corrected chi connectivity index (χ1v) is 5.54. The lowest BCUT2D eigenvalue weighted by molar-refractivity contribution is -0.151. The molecule has 0 fully saturated rings. The fourth-order valence-corrected chi connectivity index (χ4v) is 1.21. The molecular weight excluding hydrogens is 236 g/mol. The Morgan fingerprint density at radius 1 is 1.22 bits per heavy atom. The summed E-state index contributed by atoms with van der Waals surface area (Å²) in [6.07, 6.45) is 0.484. The lowest BCUT2D eigenvalue weighted by atomic mass is 10.1. The molecule has 0 aliphatic heterocycles. The third-order valence-electron chi connectivity index (χ3n) is 2.26. The van der Waals surface area contributed by atoms with Gasteiger partial charge in [-0.1, -0.05) is 12.1 Å². The van der Waals surface area contributed by atoms with Crippen LogP contribution in [0, 0.1) is 0 Å². The van der Waals surface area contributed by atoms with Crippen molar-refractivity contribution in [1.82, 2.24) is 0 Å². The van der Waals surface area contributed by atoms with E-state index in [9.17, 15) is 14.7 Å². The van der Waals surface area contributed by atoms with Gasteiger partial charge < -0.3 is 14.9 Å². The summed E-state index contributed by atoms with van der Waals surface area (Å²) in [4.78, 5) is 21.8. The zero-order valence-corrected chi connectivity index (χ0v) is 10.3. The van der Waals surface area contributed by atoms with Gasteiger partial charge in [0, 0.05) is 6.42 Å². The number of aryl methyl sites for hydroxylation is 1. The molecule has 0 heterocycles. The highest BCUT2D eigenvalue weighted by molar-refractivity contribution is 5.80.